The van der Waals surface area contributed by atoms with Crippen LogP contribution in [0.5, 0.6) is 5.75 Å². The molecule has 0 radical (unpaired) electrons. The maximum Gasteiger partial charge on any atom is 0.248 e. The Morgan fingerprint density at radius 3 is 2.35 bits per heavy atom. The van der Waals surface area contributed by atoms with Crippen molar-refractivity contribution in [1.82, 2.24) is 0 Å². The summed E-state index contributed by atoms with van der Waals surface area (Å²) in [7, 11) is -2.17. The van der Waals surface area contributed by atoms with Crippen molar-refractivity contribution in [2.75, 3.05) is 23.0 Å². The van der Waals surface area contributed by atoms with Gasteiger partial charge in [-0.3, -0.25) is 9.10 Å². The van der Waals surface area contributed by atoms with Gasteiger partial charge < -0.3 is 10.1 Å². The van der Waals surface area contributed by atoms with Gasteiger partial charge in [0, 0.05) is 10.7 Å². The van der Waals surface area contributed by atoms with Crippen molar-refractivity contribution in [2.24, 2.45) is 0 Å². The molecule has 0 saturated heterocycles. The third kappa shape index (κ3) is 4.47. The number of ether oxygens (including phenoxy) is 1. The number of amides is 1. The third-order valence-electron chi connectivity index (χ3n) is 3.94. The lowest BCUT2D eigenvalue weighted by Gasteiger charge is -2.28. The molecule has 1 N–H and O–H groups in total. The summed E-state index contributed by atoms with van der Waals surface area (Å²) in [4.78, 5) is 12.7. The van der Waals surface area contributed by atoms with E-state index < -0.39 is 22.0 Å². The molecule has 0 aliphatic carbocycles. The molecular weight excluding hydrogens is 376 g/mol. The molecule has 0 aliphatic rings. The predicted molar refractivity (Wildman–Crippen MR) is 105 cm³/mol. The summed E-state index contributed by atoms with van der Waals surface area (Å²) < 4.78 is 30.8. The lowest BCUT2D eigenvalue weighted by Crippen LogP contribution is -2.45. The molecule has 0 aliphatic heterocycles. The van der Waals surface area contributed by atoms with E-state index in [9.17, 15) is 13.2 Å². The van der Waals surface area contributed by atoms with Crippen molar-refractivity contribution in [3.05, 3.63) is 53.1 Å². The van der Waals surface area contributed by atoms with E-state index in [-0.39, 0.29) is 0 Å². The monoisotopic (exact) mass is 396 g/mol. The van der Waals surface area contributed by atoms with Crippen LogP contribution >= 0.6 is 11.6 Å². The van der Waals surface area contributed by atoms with Gasteiger partial charge in [-0.1, -0.05) is 17.7 Å². The van der Waals surface area contributed by atoms with Crippen LogP contribution in [0.2, 0.25) is 5.02 Å². The van der Waals surface area contributed by atoms with Gasteiger partial charge in [-0.05, 0) is 55.8 Å². The Hall–Kier alpha value is -2.25. The maximum atomic E-state index is 12.7. The largest absolute Gasteiger partial charge is 0.497 e. The number of nitrogens with zero attached hydrogens (tertiary/aromatic N) is 1. The van der Waals surface area contributed by atoms with Gasteiger partial charge in [-0.15, -0.1) is 0 Å². The molecule has 2 aromatic carbocycles. The van der Waals surface area contributed by atoms with E-state index in [2.05, 4.69) is 5.32 Å². The fourth-order valence-corrected chi connectivity index (χ4v) is 3.87. The number of hydrogen-bond donors (Lipinski definition) is 1. The average Bonchev–Trinajstić information content (AvgIpc) is 2.58. The molecule has 140 valence electrons. The minimum atomic E-state index is -3.69. The zero-order chi connectivity index (χ0) is 19.5. The van der Waals surface area contributed by atoms with Crippen molar-refractivity contribution in [3.63, 3.8) is 0 Å². The van der Waals surface area contributed by atoms with E-state index in [0.29, 0.717) is 27.7 Å². The first-order chi connectivity index (χ1) is 12.1. The minimum absolute atomic E-state index is 0.374. The Bertz CT molecular complexity index is 898. The topological polar surface area (TPSA) is 75.7 Å². The van der Waals surface area contributed by atoms with E-state index in [1.807, 2.05) is 0 Å². The molecule has 1 atom stereocenters. The van der Waals surface area contributed by atoms with Crippen LogP contribution in [0.4, 0.5) is 11.4 Å². The summed E-state index contributed by atoms with van der Waals surface area (Å²) in [5.41, 5.74) is 1.63. The summed E-state index contributed by atoms with van der Waals surface area (Å²) in [6, 6.07) is 10.6. The van der Waals surface area contributed by atoms with Gasteiger partial charge in [0.25, 0.3) is 0 Å². The van der Waals surface area contributed by atoms with Gasteiger partial charge in [0.1, 0.15) is 11.8 Å². The maximum absolute atomic E-state index is 12.7. The first kappa shape index (κ1) is 20.1. The third-order valence-corrected chi connectivity index (χ3v) is 5.59. The second-order valence-electron chi connectivity index (χ2n) is 5.83. The number of benzene rings is 2. The Morgan fingerprint density at radius 1 is 1.19 bits per heavy atom. The van der Waals surface area contributed by atoms with Crippen LogP contribution in [-0.2, 0) is 14.8 Å². The second kappa shape index (κ2) is 7.97. The highest BCUT2D eigenvalue weighted by Gasteiger charge is 2.29. The zero-order valence-electron chi connectivity index (χ0n) is 15.0. The number of rotatable bonds is 6. The average molecular weight is 397 g/mol. The molecule has 0 fully saturated rings. The lowest BCUT2D eigenvalue weighted by molar-refractivity contribution is -0.116. The SMILES string of the molecule is COc1ccc(N([C@@H](C)C(=O)Nc2cccc(Cl)c2C)S(C)(=O)=O)cc1. The zero-order valence-corrected chi connectivity index (χ0v) is 16.6. The number of carbonyl (C=O) groups excluding carboxylic acids is 1. The highest BCUT2D eigenvalue weighted by molar-refractivity contribution is 7.92. The molecule has 0 spiro atoms. The fraction of sp³-hybridized carbons (Fsp3) is 0.278. The Morgan fingerprint density at radius 2 is 1.81 bits per heavy atom. The number of sulfonamides is 1. The van der Waals surface area contributed by atoms with Gasteiger partial charge in [0.15, 0.2) is 0 Å². The quantitative estimate of drug-likeness (QED) is 0.811. The number of nitrogens with one attached hydrogen (secondary N) is 1. The normalized spacial score (nSPS) is 12.3. The Labute approximate surface area is 158 Å². The van der Waals surface area contributed by atoms with Gasteiger partial charge in [0.2, 0.25) is 15.9 Å². The molecule has 8 heteroatoms. The molecule has 6 nitrogen and oxygen atoms in total. The van der Waals surface area contributed by atoms with E-state index in [1.165, 1.54) is 14.0 Å². The molecule has 2 rings (SSSR count). The molecule has 26 heavy (non-hydrogen) atoms. The number of hydrogen-bond acceptors (Lipinski definition) is 4. The smallest absolute Gasteiger partial charge is 0.248 e. The standard InChI is InChI=1S/C18H21ClN2O4S/c1-12-16(19)6-5-7-17(12)20-18(22)13(2)21(26(4,23)24)14-8-10-15(25-3)11-9-14/h5-11,13H,1-4H3,(H,20,22)/t13-/m0/s1. The number of anilines is 2. The lowest BCUT2D eigenvalue weighted by atomic mass is 10.2. The fourth-order valence-electron chi connectivity index (χ4n) is 2.52. The van der Waals surface area contributed by atoms with Gasteiger partial charge >= 0.3 is 0 Å². The van der Waals surface area contributed by atoms with E-state index in [4.69, 9.17) is 16.3 Å². The van der Waals surface area contributed by atoms with E-state index >= 15 is 0 Å². The minimum Gasteiger partial charge on any atom is -0.497 e. The first-order valence-electron chi connectivity index (χ1n) is 7.84. The van der Waals surface area contributed by atoms with Crippen molar-refractivity contribution in [2.45, 2.75) is 19.9 Å². The van der Waals surface area contributed by atoms with Crippen LogP contribution < -0.4 is 14.4 Å². The van der Waals surface area contributed by atoms with Gasteiger partial charge in [-0.2, -0.15) is 0 Å². The molecule has 1 amide bonds. The second-order valence-corrected chi connectivity index (χ2v) is 8.10. The van der Waals surface area contributed by atoms with Crippen molar-refractivity contribution < 1.29 is 17.9 Å². The van der Waals surface area contributed by atoms with Crippen molar-refractivity contribution in [1.29, 1.82) is 0 Å². The van der Waals surface area contributed by atoms with Crippen LogP contribution in [0.15, 0.2) is 42.5 Å². The summed E-state index contributed by atoms with van der Waals surface area (Å²) in [6.07, 6.45) is 1.06. The first-order valence-corrected chi connectivity index (χ1v) is 10.1. The summed E-state index contributed by atoms with van der Waals surface area (Å²) in [5.74, 6) is 0.130. The Kier molecular flexibility index (Phi) is 6.15. The summed E-state index contributed by atoms with van der Waals surface area (Å²) >= 11 is 6.07. The molecule has 2 aromatic rings. The summed E-state index contributed by atoms with van der Waals surface area (Å²) in [5, 5.41) is 3.26. The highest BCUT2D eigenvalue weighted by atomic mass is 35.5. The van der Waals surface area contributed by atoms with Gasteiger partial charge in [0.05, 0.1) is 19.1 Å². The van der Waals surface area contributed by atoms with Crippen LogP contribution in [0.3, 0.4) is 0 Å². The molecule has 0 bridgehead atoms. The molecule has 0 heterocycles. The molecule has 0 aromatic heterocycles. The van der Waals surface area contributed by atoms with Crippen LogP contribution in [0, 0.1) is 6.92 Å². The van der Waals surface area contributed by atoms with Gasteiger partial charge in [-0.25, -0.2) is 8.42 Å². The molecular formula is C18H21ClN2O4S. The van der Waals surface area contributed by atoms with E-state index in [0.717, 1.165) is 10.6 Å². The van der Waals surface area contributed by atoms with Crippen molar-refractivity contribution >= 4 is 38.9 Å². The Balaban J connectivity index is 2.32. The van der Waals surface area contributed by atoms with Crippen molar-refractivity contribution in [3.8, 4) is 5.75 Å². The van der Waals surface area contributed by atoms with Crippen LogP contribution in [-0.4, -0.2) is 33.7 Å². The highest BCUT2D eigenvalue weighted by Crippen LogP contribution is 2.26. The number of carbonyl (C=O) groups is 1. The van der Waals surface area contributed by atoms with E-state index in [1.54, 1.807) is 49.4 Å². The molecule has 0 unspecified atom stereocenters. The molecule has 0 saturated carbocycles. The van der Waals surface area contributed by atoms with Crippen LogP contribution in [0.1, 0.15) is 12.5 Å². The predicted octanol–water partition coefficient (Wildman–Crippen LogP) is 3.45. The summed E-state index contributed by atoms with van der Waals surface area (Å²) in [6.45, 7) is 3.31. The number of methoxy groups -OCH3 is 1. The number of halogens is 1. The van der Waals surface area contributed by atoms with Crippen LogP contribution in [0.25, 0.3) is 0 Å².